The summed E-state index contributed by atoms with van der Waals surface area (Å²) in [6.45, 7) is 7.37. The van der Waals surface area contributed by atoms with Crippen LogP contribution in [0.5, 0.6) is 11.5 Å². The minimum atomic E-state index is -1.72. The van der Waals surface area contributed by atoms with E-state index in [-0.39, 0.29) is 0 Å². The molecule has 0 heterocycles. The van der Waals surface area contributed by atoms with Gasteiger partial charge in [0.2, 0.25) is 0 Å². The zero-order valence-corrected chi connectivity index (χ0v) is 18.9. The number of aromatic hydroxyl groups is 1. The van der Waals surface area contributed by atoms with Gasteiger partial charge < -0.3 is 9.84 Å². The van der Waals surface area contributed by atoms with Gasteiger partial charge in [0.05, 0.1) is 6.61 Å². The molecule has 2 nitrogen and oxygen atoms in total. The average Bonchev–Trinajstić information content (AvgIpc) is 2.70. The van der Waals surface area contributed by atoms with E-state index in [0.29, 0.717) is 12.4 Å². The zero-order valence-electron chi connectivity index (χ0n) is 17.0. The number of para-hydroxylation sites is 1. The van der Waals surface area contributed by atoms with Crippen molar-refractivity contribution in [2.24, 2.45) is 0 Å². The van der Waals surface area contributed by atoms with Crippen molar-refractivity contribution in [3.05, 3.63) is 48.5 Å². The molecule has 4 heteroatoms. The molecule has 0 atom stereocenters. The Morgan fingerprint density at radius 1 is 0.889 bits per heavy atom. The molecule has 2 aromatic carbocycles. The molecular formula is C23H34O2SSi. The van der Waals surface area contributed by atoms with Gasteiger partial charge in [0, 0.05) is 4.90 Å². The third-order valence-electron chi connectivity index (χ3n) is 5.13. The predicted molar refractivity (Wildman–Crippen MR) is 121 cm³/mol. The fraction of sp³-hybridized carbons (Fsp3) is 0.478. The molecule has 0 saturated carbocycles. The topological polar surface area (TPSA) is 29.5 Å². The molecule has 0 bridgehead atoms. The van der Waals surface area contributed by atoms with Crippen LogP contribution in [0.15, 0.2) is 53.4 Å². The molecule has 0 aliphatic rings. The molecule has 0 amide bonds. The highest BCUT2D eigenvalue weighted by Crippen LogP contribution is 2.32. The van der Waals surface area contributed by atoms with Crippen LogP contribution in [0, 0.1) is 0 Å². The number of hydrogen-bond acceptors (Lipinski definition) is 3. The number of ether oxygens (including phenoxy) is 1. The third kappa shape index (κ3) is 6.32. The van der Waals surface area contributed by atoms with Crippen molar-refractivity contribution in [2.45, 2.75) is 63.4 Å². The molecule has 0 aliphatic carbocycles. The lowest BCUT2D eigenvalue weighted by atomic mass is 10.3. The number of rotatable bonds is 12. The maximum absolute atomic E-state index is 9.57. The molecule has 0 unspecified atom stereocenters. The highest BCUT2D eigenvalue weighted by Gasteiger charge is 2.36. The second-order valence-electron chi connectivity index (χ2n) is 7.20. The first-order valence-corrected chi connectivity index (χ1v) is 13.9. The third-order valence-corrected chi connectivity index (χ3v) is 12.7. The summed E-state index contributed by atoms with van der Waals surface area (Å²) in [7, 11) is -1.72. The van der Waals surface area contributed by atoms with Crippen LogP contribution in [0.3, 0.4) is 0 Å². The Labute approximate surface area is 170 Å². The van der Waals surface area contributed by atoms with Crippen LogP contribution in [0.1, 0.15) is 46.5 Å². The quantitative estimate of drug-likeness (QED) is 0.330. The second kappa shape index (κ2) is 11.5. The highest BCUT2D eigenvalue weighted by atomic mass is 32.2. The molecule has 0 aromatic heterocycles. The average molecular weight is 403 g/mol. The van der Waals surface area contributed by atoms with Crippen molar-refractivity contribution < 1.29 is 9.84 Å². The van der Waals surface area contributed by atoms with Crippen molar-refractivity contribution in [1.82, 2.24) is 0 Å². The van der Waals surface area contributed by atoms with Gasteiger partial charge in [0.1, 0.15) is 19.6 Å². The first-order chi connectivity index (χ1) is 13.1. The molecule has 0 spiro atoms. The zero-order chi connectivity index (χ0) is 19.5. The summed E-state index contributed by atoms with van der Waals surface area (Å²) < 4.78 is 6.06. The summed E-state index contributed by atoms with van der Waals surface area (Å²) in [5.41, 5.74) is 0. The summed E-state index contributed by atoms with van der Waals surface area (Å²) in [6.07, 6.45) is 5.04. The van der Waals surface area contributed by atoms with Crippen LogP contribution < -0.4 is 9.92 Å². The van der Waals surface area contributed by atoms with E-state index in [1.54, 1.807) is 12.1 Å². The second-order valence-corrected chi connectivity index (χ2v) is 13.2. The van der Waals surface area contributed by atoms with Gasteiger partial charge in [-0.2, -0.15) is 0 Å². The summed E-state index contributed by atoms with van der Waals surface area (Å²) in [4.78, 5) is 1.24. The molecule has 2 rings (SSSR count). The van der Waals surface area contributed by atoms with Gasteiger partial charge in [-0.15, -0.1) is 11.8 Å². The van der Waals surface area contributed by atoms with Crippen LogP contribution in [0.2, 0.25) is 12.1 Å². The normalized spacial score (nSPS) is 11.5. The Hall–Kier alpha value is -1.39. The number of hydrogen-bond donors (Lipinski definition) is 1. The molecule has 0 fully saturated rings. The van der Waals surface area contributed by atoms with Crippen molar-refractivity contribution >= 4 is 25.0 Å². The fourth-order valence-electron chi connectivity index (χ4n) is 3.60. The predicted octanol–water partition coefficient (Wildman–Crippen LogP) is 6.38. The van der Waals surface area contributed by atoms with Gasteiger partial charge in [-0.25, -0.2) is 0 Å². The van der Waals surface area contributed by atoms with Crippen LogP contribution in [0.4, 0.5) is 0 Å². The number of unbranched alkanes of at least 4 members (excludes halogenated alkanes) is 2. The van der Waals surface area contributed by atoms with Crippen molar-refractivity contribution in [2.75, 3.05) is 12.0 Å². The van der Waals surface area contributed by atoms with Gasteiger partial charge in [0.25, 0.3) is 0 Å². The lowest BCUT2D eigenvalue weighted by Gasteiger charge is -2.34. The molecule has 0 aliphatic heterocycles. The lowest BCUT2D eigenvalue weighted by molar-refractivity contribution is 0.342. The molecule has 0 radical (unpaired) electrons. The lowest BCUT2D eigenvalue weighted by Crippen LogP contribution is -2.51. The van der Waals surface area contributed by atoms with Crippen LogP contribution >= 0.6 is 11.8 Å². The van der Waals surface area contributed by atoms with Gasteiger partial charge in [-0.1, -0.05) is 69.8 Å². The van der Waals surface area contributed by atoms with Crippen molar-refractivity contribution in [3.8, 4) is 11.5 Å². The molecular weight excluding hydrogens is 368 g/mol. The molecule has 1 N–H and O–H groups in total. The standard InChI is InChI=1S/C23H34O2SSi/c1-4-7-17-27(18-8-5-2,19-26-21-15-13-20(24)14-16-21)23-12-10-9-11-22(23)25-6-3/h9-16,24H,4-8,17-19H2,1-3H3. The smallest absolute Gasteiger partial charge is 0.118 e. The van der Waals surface area contributed by atoms with Gasteiger partial charge in [0.15, 0.2) is 0 Å². The summed E-state index contributed by atoms with van der Waals surface area (Å²) in [6, 6.07) is 19.1. The Balaban J connectivity index is 2.36. The number of phenolic OH excluding ortho intramolecular Hbond substituents is 1. The number of benzene rings is 2. The Kier molecular flexibility index (Phi) is 9.29. The van der Waals surface area contributed by atoms with E-state index >= 15 is 0 Å². The largest absolute Gasteiger partial charge is 0.508 e. The van der Waals surface area contributed by atoms with E-state index in [2.05, 4.69) is 45.0 Å². The molecule has 2 aromatic rings. The summed E-state index contributed by atoms with van der Waals surface area (Å²) >= 11 is 1.95. The summed E-state index contributed by atoms with van der Waals surface area (Å²) in [5.74, 6) is 1.44. The number of phenols is 1. The first kappa shape index (κ1) is 21.9. The van der Waals surface area contributed by atoms with Crippen LogP contribution in [-0.2, 0) is 0 Å². The minimum absolute atomic E-state index is 0.335. The summed E-state index contributed by atoms with van der Waals surface area (Å²) in [5, 5.41) is 12.2. The van der Waals surface area contributed by atoms with E-state index in [4.69, 9.17) is 4.74 Å². The van der Waals surface area contributed by atoms with Crippen LogP contribution in [-0.4, -0.2) is 25.2 Å². The van der Waals surface area contributed by atoms with E-state index in [0.717, 1.165) is 5.75 Å². The van der Waals surface area contributed by atoms with E-state index in [9.17, 15) is 5.11 Å². The number of thioether (sulfide) groups is 1. The van der Waals surface area contributed by atoms with Gasteiger partial charge in [-0.3, -0.25) is 0 Å². The fourth-order valence-corrected chi connectivity index (χ4v) is 11.5. The maximum atomic E-state index is 9.57. The molecule has 27 heavy (non-hydrogen) atoms. The van der Waals surface area contributed by atoms with Gasteiger partial charge >= 0.3 is 0 Å². The van der Waals surface area contributed by atoms with Crippen molar-refractivity contribution in [3.63, 3.8) is 0 Å². The highest BCUT2D eigenvalue weighted by molar-refractivity contribution is 8.01. The van der Waals surface area contributed by atoms with E-state index in [1.165, 1.54) is 53.2 Å². The molecule has 0 saturated heterocycles. The van der Waals surface area contributed by atoms with Gasteiger partial charge in [-0.05, 0) is 47.8 Å². The Bertz CT molecular complexity index is 664. The van der Waals surface area contributed by atoms with Crippen LogP contribution in [0.25, 0.3) is 0 Å². The van der Waals surface area contributed by atoms with E-state index in [1.807, 2.05) is 23.9 Å². The van der Waals surface area contributed by atoms with E-state index < -0.39 is 8.07 Å². The first-order valence-electron chi connectivity index (χ1n) is 10.3. The monoisotopic (exact) mass is 402 g/mol. The maximum Gasteiger partial charge on any atom is 0.118 e. The Morgan fingerprint density at radius 2 is 1.52 bits per heavy atom. The molecule has 148 valence electrons. The Morgan fingerprint density at radius 3 is 2.11 bits per heavy atom. The SMILES string of the molecule is CCCC[Si](CCCC)(CSc1ccc(O)cc1)c1ccccc1OCC. The van der Waals surface area contributed by atoms with Crippen molar-refractivity contribution in [1.29, 1.82) is 0 Å². The minimum Gasteiger partial charge on any atom is -0.508 e.